The third-order valence-corrected chi connectivity index (χ3v) is 5.15. The van der Waals surface area contributed by atoms with E-state index in [1.165, 1.54) is 7.11 Å². The van der Waals surface area contributed by atoms with Gasteiger partial charge in [-0.15, -0.1) is 0 Å². The van der Waals surface area contributed by atoms with E-state index in [9.17, 15) is 4.79 Å². The third-order valence-electron chi connectivity index (χ3n) is 4.78. The van der Waals surface area contributed by atoms with Crippen LogP contribution in [0.3, 0.4) is 0 Å². The van der Waals surface area contributed by atoms with E-state index < -0.39 is 5.97 Å². The molecule has 0 radical (unpaired) electrons. The summed E-state index contributed by atoms with van der Waals surface area (Å²) in [5.74, 6) is -0.167. The molecule has 1 aliphatic rings. The molecule has 1 aromatic rings. The normalized spacial score (nSPS) is 15.4. The number of carbonyl (C=O) groups is 1. The van der Waals surface area contributed by atoms with E-state index in [1.54, 1.807) is 0 Å². The molecule has 1 atom stereocenters. The lowest BCUT2D eigenvalue weighted by Crippen LogP contribution is -2.39. The molecule has 0 aromatic heterocycles. The topological polar surface area (TPSA) is 65.4 Å². The summed E-state index contributed by atoms with van der Waals surface area (Å²) in [4.78, 5) is 14.2. The summed E-state index contributed by atoms with van der Waals surface area (Å²) in [7, 11) is 1.30. The summed E-state index contributed by atoms with van der Waals surface area (Å²) < 4.78 is 4.87. The molecule has 146 valence electrons. The van der Waals surface area contributed by atoms with Crippen LogP contribution in [0, 0.1) is 11.3 Å². The molecule has 0 amide bonds. The van der Waals surface area contributed by atoms with Gasteiger partial charge in [-0.05, 0) is 37.7 Å². The number of esters is 1. The Morgan fingerprint density at radius 1 is 1.41 bits per heavy atom. The molecule has 0 spiro atoms. The van der Waals surface area contributed by atoms with E-state index >= 15 is 0 Å². The number of hydrogen-bond donors (Lipinski definition) is 2. The van der Waals surface area contributed by atoms with Crippen molar-refractivity contribution in [1.82, 2.24) is 10.2 Å². The first-order valence-corrected chi connectivity index (χ1v) is 9.60. The number of nitrogens with one attached hydrogen (secondary N) is 2. The second-order valence-corrected chi connectivity index (χ2v) is 7.20. The molecule has 5 nitrogen and oxygen atoms in total. The summed E-state index contributed by atoms with van der Waals surface area (Å²) in [6.07, 6.45) is 2.93. The molecule has 0 aliphatic heterocycles. The molecule has 0 saturated heterocycles. The SMILES string of the molecule is C=C(NC(C(=O)OC)=C(Cl)C(=N)N(Cc1ccccc1)C(C)CC)C1CC1. The summed E-state index contributed by atoms with van der Waals surface area (Å²) >= 11 is 6.51. The van der Waals surface area contributed by atoms with Crippen molar-refractivity contribution in [2.75, 3.05) is 7.11 Å². The van der Waals surface area contributed by atoms with Gasteiger partial charge in [0.05, 0.1) is 7.11 Å². The molecule has 0 heterocycles. The maximum atomic E-state index is 12.3. The largest absolute Gasteiger partial charge is 0.464 e. The summed E-state index contributed by atoms with van der Waals surface area (Å²) in [6.45, 7) is 8.61. The molecule has 1 fully saturated rings. The van der Waals surface area contributed by atoms with Gasteiger partial charge in [-0.2, -0.15) is 0 Å². The second-order valence-electron chi connectivity index (χ2n) is 6.82. The molecule has 27 heavy (non-hydrogen) atoms. The lowest BCUT2D eigenvalue weighted by Gasteiger charge is -2.31. The zero-order valence-electron chi connectivity index (χ0n) is 16.2. The number of hydrogen-bond acceptors (Lipinski definition) is 4. The molecule has 1 aromatic carbocycles. The number of methoxy groups -OCH3 is 1. The van der Waals surface area contributed by atoms with Crippen LogP contribution in [0.25, 0.3) is 0 Å². The Morgan fingerprint density at radius 2 is 2.04 bits per heavy atom. The van der Waals surface area contributed by atoms with Crippen LogP contribution in [0.5, 0.6) is 0 Å². The van der Waals surface area contributed by atoms with E-state index in [0.29, 0.717) is 12.5 Å². The minimum absolute atomic E-state index is 0.0416. The first-order valence-electron chi connectivity index (χ1n) is 9.22. The van der Waals surface area contributed by atoms with Gasteiger partial charge in [0.25, 0.3) is 0 Å². The summed E-state index contributed by atoms with van der Waals surface area (Å²) in [6, 6.07) is 9.98. The first kappa shape index (κ1) is 21.0. The van der Waals surface area contributed by atoms with Crippen molar-refractivity contribution in [2.45, 2.75) is 45.7 Å². The van der Waals surface area contributed by atoms with Crippen molar-refractivity contribution in [3.05, 3.63) is 58.9 Å². The Balaban J connectivity index is 2.31. The van der Waals surface area contributed by atoms with Crippen LogP contribution in [0.15, 0.2) is 53.3 Å². The van der Waals surface area contributed by atoms with Crippen molar-refractivity contribution in [2.24, 2.45) is 5.92 Å². The molecule has 6 heteroatoms. The van der Waals surface area contributed by atoms with Crippen LogP contribution in [-0.4, -0.2) is 29.9 Å². The summed E-state index contributed by atoms with van der Waals surface area (Å²) in [5.41, 5.74) is 1.88. The van der Waals surface area contributed by atoms with Crippen molar-refractivity contribution in [3.63, 3.8) is 0 Å². The van der Waals surface area contributed by atoms with Gasteiger partial charge in [0.1, 0.15) is 16.6 Å². The van der Waals surface area contributed by atoms with Crippen molar-refractivity contribution in [3.8, 4) is 0 Å². The van der Waals surface area contributed by atoms with Crippen LogP contribution in [0.2, 0.25) is 0 Å². The highest BCUT2D eigenvalue weighted by molar-refractivity contribution is 6.44. The average Bonchev–Trinajstić information content (AvgIpc) is 3.54. The highest BCUT2D eigenvalue weighted by Gasteiger charge is 2.29. The number of allylic oxidation sites excluding steroid dienone is 1. The van der Waals surface area contributed by atoms with Gasteiger partial charge in [0.2, 0.25) is 0 Å². The molecule has 1 aliphatic carbocycles. The number of halogens is 1. The minimum atomic E-state index is -0.602. The smallest absolute Gasteiger partial charge is 0.356 e. The van der Waals surface area contributed by atoms with Crippen LogP contribution in [0.4, 0.5) is 0 Å². The number of ether oxygens (including phenoxy) is 1. The van der Waals surface area contributed by atoms with Gasteiger partial charge in [-0.25, -0.2) is 4.79 Å². The first-order chi connectivity index (χ1) is 12.9. The van der Waals surface area contributed by atoms with Gasteiger partial charge >= 0.3 is 5.97 Å². The third kappa shape index (κ3) is 5.60. The lowest BCUT2D eigenvalue weighted by atomic mass is 10.1. The second kappa shape index (κ2) is 9.60. The summed E-state index contributed by atoms with van der Waals surface area (Å²) in [5, 5.41) is 11.7. The van der Waals surface area contributed by atoms with E-state index in [1.807, 2.05) is 42.2 Å². The fourth-order valence-corrected chi connectivity index (χ4v) is 2.93. The zero-order valence-corrected chi connectivity index (χ0v) is 17.0. The standard InChI is InChI=1S/C21H28ClN3O2/c1-5-14(2)25(13-16-9-7-6-8-10-16)20(23)18(22)19(21(26)27-4)24-15(3)17-11-12-17/h6-10,14,17,23-24H,3,5,11-13H2,1-2,4H3. The number of carbonyl (C=O) groups excluding carboxylic acids is 1. The number of nitrogens with zero attached hydrogens (tertiary/aromatic N) is 1. The maximum absolute atomic E-state index is 12.3. The fraction of sp³-hybridized carbons (Fsp3) is 0.429. The molecule has 2 N–H and O–H groups in total. The van der Waals surface area contributed by atoms with Crippen LogP contribution < -0.4 is 5.32 Å². The minimum Gasteiger partial charge on any atom is -0.464 e. The molecule has 1 unspecified atom stereocenters. The van der Waals surface area contributed by atoms with Crippen molar-refractivity contribution < 1.29 is 9.53 Å². The van der Waals surface area contributed by atoms with Crippen molar-refractivity contribution >= 4 is 23.4 Å². The van der Waals surface area contributed by atoms with Crippen LogP contribution in [0.1, 0.15) is 38.7 Å². The Morgan fingerprint density at radius 3 is 2.56 bits per heavy atom. The highest BCUT2D eigenvalue weighted by atomic mass is 35.5. The maximum Gasteiger partial charge on any atom is 0.356 e. The predicted octanol–water partition coefficient (Wildman–Crippen LogP) is 4.40. The van der Waals surface area contributed by atoms with E-state index in [2.05, 4.69) is 18.8 Å². The molecular formula is C21H28ClN3O2. The Labute approximate surface area is 166 Å². The van der Waals surface area contributed by atoms with Gasteiger partial charge < -0.3 is 15.0 Å². The number of amidine groups is 1. The molecular weight excluding hydrogens is 362 g/mol. The fourth-order valence-electron chi connectivity index (χ4n) is 2.69. The van der Waals surface area contributed by atoms with E-state index in [0.717, 1.165) is 30.5 Å². The van der Waals surface area contributed by atoms with Crippen LogP contribution in [-0.2, 0) is 16.1 Å². The lowest BCUT2D eigenvalue weighted by molar-refractivity contribution is -0.136. The van der Waals surface area contributed by atoms with Gasteiger partial charge in [-0.1, -0.05) is 55.4 Å². The number of rotatable bonds is 9. The molecule has 2 rings (SSSR count). The Bertz CT molecular complexity index is 726. The Kier molecular flexibility index (Phi) is 7.48. The molecule has 0 bridgehead atoms. The Hall–Kier alpha value is -2.27. The average molecular weight is 390 g/mol. The number of benzene rings is 1. The van der Waals surface area contributed by atoms with Gasteiger partial charge in [0.15, 0.2) is 0 Å². The monoisotopic (exact) mass is 389 g/mol. The predicted molar refractivity (Wildman–Crippen MR) is 109 cm³/mol. The van der Waals surface area contributed by atoms with Gasteiger partial charge in [0, 0.05) is 18.3 Å². The quantitative estimate of drug-likeness (QED) is 0.284. The van der Waals surface area contributed by atoms with Gasteiger partial charge in [-0.3, -0.25) is 5.41 Å². The van der Waals surface area contributed by atoms with Crippen LogP contribution >= 0.6 is 11.6 Å². The van der Waals surface area contributed by atoms with E-state index in [-0.39, 0.29) is 22.6 Å². The van der Waals surface area contributed by atoms with E-state index in [4.69, 9.17) is 21.7 Å². The highest BCUT2D eigenvalue weighted by Crippen LogP contribution is 2.35. The zero-order chi connectivity index (χ0) is 20.0. The molecule has 1 saturated carbocycles. The van der Waals surface area contributed by atoms with Crippen molar-refractivity contribution in [1.29, 1.82) is 5.41 Å².